The van der Waals surface area contributed by atoms with Gasteiger partial charge in [0.25, 0.3) is 0 Å². The molecule has 0 aromatic heterocycles. The molecule has 0 aliphatic carbocycles. The van der Waals surface area contributed by atoms with E-state index >= 15 is 0 Å². The molecule has 2 aliphatic heterocycles. The van der Waals surface area contributed by atoms with E-state index in [1.54, 1.807) is 13.8 Å². The summed E-state index contributed by atoms with van der Waals surface area (Å²) < 4.78 is 34.7. The molecule has 1 aromatic carbocycles. The smallest absolute Gasteiger partial charge is 0.307 e. The standard InChI is InChI=1S/C24H35NO8/c1-5-28-18(26)12-13-25-17(14-19(27)29-6-2)20-21(30-15-16-10-8-7-9-11-16)22-23(31-20)33-24(3,4)32-22/h7-11,17,20-23,25H,5-6,12-15H2,1-4H3/t17?,20-,21+,22-,23-/m1/s1. The third-order valence-electron chi connectivity index (χ3n) is 5.44. The minimum atomic E-state index is -0.803. The van der Waals surface area contributed by atoms with Gasteiger partial charge < -0.3 is 33.7 Å². The van der Waals surface area contributed by atoms with E-state index in [0.29, 0.717) is 19.8 Å². The van der Waals surface area contributed by atoms with E-state index in [1.165, 1.54) is 0 Å². The zero-order valence-corrected chi connectivity index (χ0v) is 19.8. The fourth-order valence-electron chi connectivity index (χ4n) is 4.08. The Balaban J connectivity index is 1.74. The van der Waals surface area contributed by atoms with Crippen molar-refractivity contribution in [3.63, 3.8) is 0 Å². The number of benzene rings is 1. The number of nitrogens with one attached hydrogen (secondary N) is 1. The predicted octanol–water partition coefficient (Wildman–Crippen LogP) is 2.31. The highest BCUT2D eigenvalue weighted by atomic mass is 16.8. The summed E-state index contributed by atoms with van der Waals surface area (Å²) in [5.41, 5.74) is 1.01. The van der Waals surface area contributed by atoms with Gasteiger partial charge in [-0.15, -0.1) is 0 Å². The fourth-order valence-corrected chi connectivity index (χ4v) is 4.08. The van der Waals surface area contributed by atoms with Gasteiger partial charge in [-0.25, -0.2) is 0 Å². The molecule has 0 spiro atoms. The number of hydrogen-bond acceptors (Lipinski definition) is 9. The SMILES string of the molecule is CCOC(=O)CCNC(CC(=O)OCC)[C@H]1O[C@@H]2OC(C)(C)O[C@@H]2[C@H]1OCc1ccccc1. The lowest BCUT2D eigenvalue weighted by Crippen LogP contribution is -2.50. The number of carbonyl (C=O) groups excluding carboxylic acids is 2. The lowest BCUT2D eigenvalue weighted by atomic mass is 10.00. The van der Waals surface area contributed by atoms with Crippen LogP contribution in [0.15, 0.2) is 30.3 Å². The first-order valence-corrected chi connectivity index (χ1v) is 11.5. The molecule has 0 amide bonds. The van der Waals surface area contributed by atoms with E-state index < -0.39 is 36.4 Å². The summed E-state index contributed by atoms with van der Waals surface area (Å²) in [6, 6.07) is 9.32. The van der Waals surface area contributed by atoms with Crippen molar-refractivity contribution in [1.29, 1.82) is 0 Å². The van der Waals surface area contributed by atoms with E-state index in [9.17, 15) is 9.59 Å². The number of hydrogen-bond donors (Lipinski definition) is 1. The maximum absolute atomic E-state index is 12.3. The van der Waals surface area contributed by atoms with Gasteiger partial charge in [-0.05, 0) is 33.3 Å². The van der Waals surface area contributed by atoms with Crippen LogP contribution in [0.25, 0.3) is 0 Å². The normalized spacial score (nSPS) is 26.5. The molecule has 2 fully saturated rings. The van der Waals surface area contributed by atoms with Crippen LogP contribution in [0.2, 0.25) is 0 Å². The molecule has 184 valence electrons. The van der Waals surface area contributed by atoms with Gasteiger partial charge >= 0.3 is 11.9 Å². The topological polar surface area (TPSA) is 102 Å². The van der Waals surface area contributed by atoms with Crippen LogP contribution < -0.4 is 5.32 Å². The molecule has 2 saturated heterocycles. The summed E-state index contributed by atoms with van der Waals surface area (Å²) in [4.78, 5) is 24.1. The van der Waals surface area contributed by atoms with Gasteiger partial charge in [-0.1, -0.05) is 30.3 Å². The van der Waals surface area contributed by atoms with Crippen LogP contribution in [0.1, 0.15) is 46.1 Å². The van der Waals surface area contributed by atoms with E-state index in [4.69, 9.17) is 28.4 Å². The highest BCUT2D eigenvalue weighted by Gasteiger charge is 2.57. The first kappa shape index (κ1) is 25.6. The highest BCUT2D eigenvalue weighted by molar-refractivity contribution is 5.70. The first-order chi connectivity index (χ1) is 15.8. The fraction of sp³-hybridized carbons (Fsp3) is 0.667. The van der Waals surface area contributed by atoms with Crippen LogP contribution in [-0.2, 0) is 44.6 Å². The lowest BCUT2D eigenvalue weighted by molar-refractivity contribution is -0.223. The second-order valence-corrected chi connectivity index (χ2v) is 8.46. The van der Waals surface area contributed by atoms with Crippen LogP contribution in [-0.4, -0.2) is 68.1 Å². The summed E-state index contributed by atoms with van der Waals surface area (Å²) in [5.74, 6) is -1.48. The molecular weight excluding hydrogens is 430 g/mol. The van der Waals surface area contributed by atoms with E-state index in [1.807, 2.05) is 44.2 Å². The number of ether oxygens (including phenoxy) is 6. The van der Waals surface area contributed by atoms with Crippen molar-refractivity contribution in [3.05, 3.63) is 35.9 Å². The Morgan fingerprint density at radius 3 is 2.45 bits per heavy atom. The Morgan fingerprint density at radius 2 is 1.76 bits per heavy atom. The highest BCUT2D eigenvalue weighted by Crippen LogP contribution is 2.40. The molecule has 2 aliphatic rings. The number of rotatable bonds is 12. The van der Waals surface area contributed by atoms with Crippen molar-refractivity contribution in [2.24, 2.45) is 0 Å². The summed E-state index contributed by atoms with van der Waals surface area (Å²) in [7, 11) is 0. The largest absolute Gasteiger partial charge is 0.466 e. The second kappa shape index (κ2) is 11.9. The Labute approximate surface area is 195 Å². The molecule has 9 heteroatoms. The van der Waals surface area contributed by atoms with Crippen molar-refractivity contribution < 1.29 is 38.0 Å². The number of carbonyl (C=O) groups is 2. The van der Waals surface area contributed by atoms with Crippen molar-refractivity contribution >= 4 is 11.9 Å². The van der Waals surface area contributed by atoms with Crippen molar-refractivity contribution in [2.75, 3.05) is 19.8 Å². The van der Waals surface area contributed by atoms with Crippen LogP contribution in [0.5, 0.6) is 0 Å². The lowest BCUT2D eigenvalue weighted by Gasteiger charge is -2.31. The Kier molecular flexibility index (Phi) is 9.22. The van der Waals surface area contributed by atoms with Gasteiger partial charge in [-0.2, -0.15) is 0 Å². The molecule has 1 N–H and O–H groups in total. The molecule has 3 rings (SSSR count). The van der Waals surface area contributed by atoms with Gasteiger partial charge in [0.2, 0.25) is 0 Å². The monoisotopic (exact) mass is 465 g/mol. The Hall–Kier alpha value is -2.04. The predicted molar refractivity (Wildman–Crippen MR) is 118 cm³/mol. The van der Waals surface area contributed by atoms with Crippen LogP contribution in [0, 0.1) is 0 Å². The Morgan fingerprint density at radius 1 is 1.06 bits per heavy atom. The van der Waals surface area contributed by atoms with Gasteiger partial charge in [0.1, 0.15) is 18.3 Å². The molecule has 0 saturated carbocycles. The maximum atomic E-state index is 12.3. The third kappa shape index (κ3) is 7.22. The Bertz CT molecular complexity index is 771. The van der Waals surface area contributed by atoms with Crippen LogP contribution in [0.3, 0.4) is 0 Å². The van der Waals surface area contributed by atoms with Gasteiger partial charge in [0.15, 0.2) is 12.1 Å². The van der Waals surface area contributed by atoms with Gasteiger partial charge in [0.05, 0.1) is 32.7 Å². The maximum Gasteiger partial charge on any atom is 0.307 e. The molecule has 2 heterocycles. The minimum Gasteiger partial charge on any atom is -0.466 e. The van der Waals surface area contributed by atoms with Crippen LogP contribution >= 0.6 is 0 Å². The van der Waals surface area contributed by atoms with E-state index in [0.717, 1.165) is 5.56 Å². The van der Waals surface area contributed by atoms with Gasteiger partial charge in [-0.3, -0.25) is 9.59 Å². The molecule has 33 heavy (non-hydrogen) atoms. The first-order valence-electron chi connectivity index (χ1n) is 11.5. The summed E-state index contributed by atoms with van der Waals surface area (Å²) in [6.45, 7) is 8.43. The summed E-state index contributed by atoms with van der Waals surface area (Å²) in [6.07, 6.45) is -1.90. The second-order valence-electron chi connectivity index (χ2n) is 8.46. The molecule has 0 radical (unpaired) electrons. The van der Waals surface area contributed by atoms with Crippen molar-refractivity contribution in [3.8, 4) is 0 Å². The summed E-state index contributed by atoms with van der Waals surface area (Å²) in [5, 5.41) is 3.26. The molecule has 0 bridgehead atoms. The van der Waals surface area contributed by atoms with E-state index in [-0.39, 0.29) is 31.4 Å². The quantitative estimate of drug-likeness (QED) is 0.466. The zero-order chi connectivity index (χ0) is 23.8. The summed E-state index contributed by atoms with van der Waals surface area (Å²) >= 11 is 0. The zero-order valence-electron chi connectivity index (χ0n) is 19.8. The molecule has 1 unspecified atom stereocenters. The van der Waals surface area contributed by atoms with Crippen molar-refractivity contribution in [2.45, 2.75) is 83.6 Å². The minimum absolute atomic E-state index is 0.0510. The van der Waals surface area contributed by atoms with Crippen molar-refractivity contribution in [1.82, 2.24) is 5.32 Å². The third-order valence-corrected chi connectivity index (χ3v) is 5.44. The average Bonchev–Trinajstić information content (AvgIpc) is 3.24. The number of fused-ring (bicyclic) bond motifs is 1. The molecule has 9 nitrogen and oxygen atoms in total. The molecule has 5 atom stereocenters. The average molecular weight is 466 g/mol. The number of esters is 2. The van der Waals surface area contributed by atoms with E-state index in [2.05, 4.69) is 5.32 Å². The molecular formula is C24H35NO8. The molecule has 1 aromatic rings. The van der Waals surface area contributed by atoms with Crippen LogP contribution in [0.4, 0.5) is 0 Å². The van der Waals surface area contributed by atoms with Gasteiger partial charge in [0, 0.05) is 12.6 Å².